The highest BCUT2D eigenvalue weighted by Crippen LogP contribution is 2.15. The van der Waals surface area contributed by atoms with E-state index in [4.69, 9.17) is 11.5 Å². The van der Waals surface area contributed by atoms with Gasteiger partial charge in [0.05, 0.1) is 6.04 Å². The number of primary amides is 2. The van der Waals surface area contributed by atoms with E-state index in [-0.39, 0.29) is 17.9 Å². The van der Waals surface area contributed by atoms with Crippen LogP contribution in [0.15, 0.2) is 0 Å². The van der Waals surface area contributed by atoms with Gasteiger partial charge in [-0.05, 0) is 38.8 Å². The van der Waals surface area contributed by atoms with Gasteiger partial charge in [-0.15, -0.1) is 0 Å². The summed E-state index contributed by atoms with van der Waals surface area (Å²) in [6.45, 7) is 1.87. The maximum Gasteiger partial charge on any atom is 0.234 e. The molecule has 0 aromatic heterocycles. The fourth-order valence-electron chi connectivity index (χ4n) is 2.20. The number of piperidine rings is 1. The lowest BCUT2D eigenvalue weighted by molar-refractivity contribution is -0.124. The summed E-state index contributed by atoms with van der Waals surface area (Å²) in [5.41, 5.74) is 10.5. The minimum Gasteiger partial charge on any atom is -0.370 e. The minimum atomic E-state index is -0.318. The first-order chi connectivity index (χ1) is 7.61. The van der Waals surface area contributed by atoms with Crippen LogP contribution in [0.3, 0.4) is 0 Å². The van der Waals surface area contributed by atoms with Gasteiger partial charge in [-0.1, -0.05) is 6.42 Å². The van der Waals surface area contributed by atoms with Gasteiger partial charge in [0.25, 0.3) is 0 Å². The largest absolute Gasteiger partial charge is 0.370 e. The lowest BCUT2D eigenvalue weighted by Crippen LogP contribution is -2.47. The average molecular weight is 227 g/mol. The van der Waals surface area contributed by atoms with Gasteiger partial charge in [0.2, 0.25) is 11.8 Å². The van der Waals surface area contributed by atoms with Crippen LogP contribution in [-0.2, 0) is 9.59 Å². The van der Waals surface area contributed by atoms with Gasteiger partial charge in [-0.25, -0.2) is 0 Å². The second kappa shape index (κ2) is 6.48. The molecule has 5 heteroatoms. The first-order valence-electron chi connectivity index (χ1n) is 5.93. The summed E-state index contributed by atoms with van der Waals surface area (Å²) in [6, 6.07) is -0.223. The van der Waals surface area contributed by atoms with Crippen molar-refractivity contribution >= 4 is 11.8 Å². The summed E-state index contributed by atoms with van der Waals surface area (Å²) < 4.78 is 0. The van der Waals surface area contributed by atoms with Crippen molar-refractivity contribution in [1.82, 2.24) is 4.90 Å². The number of amides is 2. The van der Waals surface area contributed by atoms with E-state index >= 15 is 0 Å². The first kappa shape index (κ1) is 13.0. The van der Waals surface area contributed by atoms with Gasteiger partial charge in [0, 0.05) is 6.42 Å². The molecule has 16 heavy (non-hydrogen) atoms. The Labute approximate surface area is 96.1 Å². The summed E-state index contributed by atoms with van der Waals surface area (Å²) in [6.07, 6.45) is 5.08. The second-order valence-electron chi connectivity index (χ2n) is 4.37. The van der Waals surface area contributed by atoms with Crippen molar-refractivity contribution in [3.63, 3.8) is 0 Å². The van der Waals surface area contributed by atoms with Crippen molar-refractivity contribution < 1.29 is 9.59 Å². The van der Waals surface area contributed by atoms with Crippen LogP contribution >= 0.6 is 0 Å². The van der Waals surface area contributed by atoms with Crippen LogP contribution in [0.5, 0.6) is 0 Å². The Morgan fingerprint density at radius 2 is 1.75 bits per heavy atom. The number of rotatable bonds is 6. The van der Waals surface area contributed by atoms with Crippen molar-refractivity contribution in [3.05, 3.63) is 0 Å². The van der Waals surface area contributed by atoms with E-state index in [9.17, 15) is 9.59 Å². The van der Waals surface area contributed by atoms with Crippen LogP contribution in [0.25, 0.3) is 0 Å². The number of carbonyl (C=O) groups is 2. The normalized spacial score (nSPS) is 19.2. The Kier molecular flexibility index (Phi) is 5.25. The van der Waals surface area contributed by atoms with Crippen LogP contribution in [0.1, 0.15) is 38.5 Å². The molecule has 0 bridgehead atoms. The van der Waals surface area contributed by atoms with Gasteiger partial charge in [0.15, 0.2) is 0 Å². The lowest BCUT2D eigenvalue weighted by atomic mass is 10.0. The number of likely N-dealkylation sites (tertiary alicyclic amines) is 1. The standard InChI is InChI=1S/C11H21N3O2/c12-10(15)6-4-5-9(11(13)16)14-7-2-1-3-8-14/h9H,1-8H2,(H2,12,15)(H2,13,16). The summed E-state index contributed by atoms with van der Waals surface area (Å²) in [4.78, 5) is 24.1. The highest BCUT2D eigenvalue weighted by atomic mass is 16.1. The predicted molar refractivity (Wildman–Crippen MR) is 61.5 cm³/mol. The molecule has 1 atom stereocenters. The molecule has 5 nitrogen and oxygen atoms in total. The highest BCUT2D eigenvalue weighted by Gasteiger charge is 2.24. The Bertz CT molecular complexity index is 250. The smallest absolute Gasteiger partial charge is 0.234 e. The monoisotopic (exact) mass is 227 g/mol. The molecule has 0 aromatic carbocycles. The Morgan fingerprint density at radius 3 is 2.25 bits per heavy atom. The zero-order valence-electron chi connectivity index (χ0n) is 9.65. The molecule has 0 radical (unpaired) electrons. The molecule has 92 valence electrons. The van der Waals surface area contributed by atoms with Crippen LogP contribution in [0, 0.1) is 0 Å². The van der Waals surface area contributed by atoms with E-state index in [1.807, 2.05) is 0 Å². The van der Waals surface area contributed by atoms with Crippen molar-refractivity contribution in [2.75, 3.05) is 13.1 Å². The molecule has 0 spiro atoms. The SMILES string of the molecule is NC(=O)CCCC(C(N)=O)N1CCCCC1. The van der Waals surface area contributed by atoms with Crippen molar-refractivity contribution in [1.29, 1.82) is 0 Å². The van der Waals surface area contributed by atoms with Gasteiger partial charge in [0.1, 0.15) is 0 Å². The summed E-state index contributed by atoms with van der Waals surface area (Å²) >= 11 is 0. The molecule has 1 unspecified atom stereocenters. The van der Waals surface area contributed by atoms with E-state index in [0.29, 0.717) is 19.3 Å². The Balaban J connectivity index is 2.40. The minimum absolute atomic E-state index is 0.223. The summed E-state index contributed by atoms with van der Waals surface area (Å²) in [5.74, 6) is -0.603. The maximum atomic E-state index is 11.3. The highest BCUT2D eigenvalue weighted by molar-refractivity contribution is 5.80. The van der Waals surface area contributed by atoms with Gasteiger partial charge in [-0.2, -0.15) is 0 Å². The van der Waals surface area contributed by atoms with E-state index in [0.717, 1.165) is 25.9 Å². The number of hydrogen-bond acceptors (Lipinski definition) is 3. The summed E-state index contributed by atoms with van der Waals surface area (Å²) in [7, 11) is 0. The molecule has 0 aliphatic carbocycles. The van der Waals surface area contributed by atoms with Crippen molar-refractivity contribution in [3.8, 4) is 0 Å². The zero-order chi connectivity index (χ0) is 12.0. The molecule has 1 aliphatic rings. The van der Waals surface area contributed by atoms with E-state index in [1.54, 1.807) is 0 Å². The maximum absolute atomic E-state index is 11.3. The molecule has 1 heterocycles. The molecular formula is C11H21N3O2. The lowest BCUT2D eigenvalue weighted by Gasteiger charge is -2.32. The van der Waals surface area contributed by atoms with Crippen molar-refractivity contribution in [2.45, 2.75) is 44.6 Å². The summed E-state index contributed by atoms with van der Waals surface area (Å²) in [5, 5.41) is 0. The average Bonchev–Trinajstić information content (AvgIpc) is 2.25. The Hall–Kier alpha value is -1.10. The predicted octanol–water partition coefficient (Wildman–Crippen LogP) is -0.0182. The fraction of sp³-hybridized carbons (Fsp3) is 0.818. The molecule has 1 aliphatic heterocycles. The second-order valence-corrected chi connectivity index (χ2v) is 4.37. The Morgan fingerprint density at radius 1 is 1.12 bits per heavy atom. The van der Waals surface area contributed by atoms with E-state index in [1.165, 1.54) is 6.42 Å². The van der Waals surface area contributed by atoms with Gasteiger partial charge < -0.3 is 11.5 Å². The van der Waals surface area contributed by atoms with Crippen LogP contribution in [0.4, 0.5) is 0 Å². The molecule has 1 rings (SSSR count). The van der Waals surface area contributed by atoms with Gasteiger partial charge in [-0.3, -0.25) is 14.5 Å². The van der Waals surface area contributed by atoms with Crippen LogP contribution in [-0.4, -0.2) is 35.8 Å². The topological polar surface area (TPSA) is 89.4 Å². The molecule has 2 amide bonds. The number of hydrogen-bond donors (Lipinski definition) is 2. The van der Waals surface area contributed by atoms with Gasteiger partial charge >= 0.3 is 0 Å². The molecular weight excluding hydrogens is 206 g/mol. The first-order valence-corrected chi connectivity index (χ1v) is 5.93. The fourth-order valence-corrected chi connectivity index (χ4v) is 2.20. The quantitative estimate of drug-likeness (QED) is 0.668. The van der Waals surface area contributed by atoms with Crippen LogP contribution < -0.4 is 11.5 Å². The molecule has 0 aromatic rings. The third-order valence-corrected chi connectivity index (χ3v) is 3.06. The molecule has 4 N–H and O–H groups in total. The van der Waals surface area contributed by atoms with Crippen molar-refractivity contribution in [2.24, 2.45) is 11.5 Å². The molecule has 1 fully saturated rings. The number of nitrogens with zero attached hydrogens (tertiary/aromatic N) is 1. The molecule has 1 saturated heterocycles. The van der Waals surface area contributed by atoms with Crippen LogP contribution in [0.2, 0.25) is 0 Å². The number of nitrogens with two attached hydrogens (primary N) is 2. The van der Waals surface area contributed by atoms with E-state index < -0.39 is 0 Å². The third-order valence-electron chi connectivity index (χ3n) is 3.06. The zero-order valence-corrected chi connectivity index (χ0v) is 9.65. The molecule has 0 saturated carbocycles. The van der Waals surface area contributed by atoms with E-state index in [2.05, 4.69) is 4.90 Å². The number of carbonyl (C=O) groups excluding carboxylic acids is 2. The third kappa shape index (κ3) is 4.18.